The first-order chi connectivity index (χ1) is 9.79. The molecule has 1 unspecified atom stereocenters. The average molecular weight is 294 g/mol. The second kappa shape index (κ2) is 6.12. The first kappa shape index (κ1) is 15.9. The minimum Gasteiger partial charge on any atom is -0.370 e. The molecule has 1 aromatic rings. The fraction of sp³-hybridized carbons (Fsp3) is 0.562. The number of morpholine rings is 1. The Morgan fingerprint density at radius 3 is 2.57 bits per heavy atom. The van der Waals surface area contributed by atoms with E-state index >= 15 is 0 Å². The molecule has 0 bridgehead atoms. The van der Waals surface area contributed by atoms with E-state index in [4.69, 9.17) is 10.5 Å². The number of nitrogens with zero attached hydrogens (tertiary/aromatic N) is 1. The summed E-state index contributed by atoms with van der Waals surface area (Å²) in [5.74, 6) is -0.338. The van der Waals surface area contributed by atoms with Gasteiger partial charge in [0.05, 0.1) is 19.2 Å². The van der Waals surface area contributed by atoms with Crippen molar-refractivity contribution in [3.05, 3.63) is 35.6 Å². The minimum absolute atomic E-state index is 0.0575. The molecule has 5 heteroatoms. The second-order valence-electron chi connectivity index (χ2n) is 6.54. The Labute approximate surface area is 125 Å². The summed E-state index contributed by atoms with van der Waals surface area (Å²) in [6, 6.07) is 5.65. The minimum atomic E-state index is -0.538. The molecular weight excluding hydrogens is 271 g/mol. The number of halogens is 1. The summed E-state index contributed by atoms with van der Waals surface area (Å²) in [5.41, 5.74) is 6.64. The smallest absolute Gasteiger partial charge is 0.240 e. The highest BCUT2D eigenvalue weighted by Gasteiger charge is 2.34. The molecule has 2 rings (SSSR count). The van der Waals surface area contributed by atoms with E-state index in [1.165, 1.54) is 12.1 Å². The Kier molecular flexibility index (Phi) is 4.64. The molecule has 4 nitrogen and oxygen atoms in total. The van der Waals surface area contributed by atoms with Crippen molar-refractivity contribution in [3.63, 3.8) is 0 Å². The van der Waals surface area contributed by atoms with Crippen LogP contribution in [0, 0.1) is 11.2 Å². The van der Waals surface area contributed by atoms with Crippen LogP contribution in [0.5, 0.6) is 0 Å². The van der Waals surface area contributed by atoms with Crippen LogP contribution in [0.2, 0.25) is 0 Å². The van der Waals surface area contributed by atoms with Gasteiger partial charge in [-0.25, -0.2) is 4.39 Å². The van der Waals surface area contributed by atoms with Gasteiger partial charge in [-0.1, -0.05) is 32.9 Å². The van der Waals surface area contributed by atoms with Crippen molar-refractivity contribution in [1.82, 2.24) is 4.90 Å². The Morgan fingerprint density at radius 2 is 2.00 bits per heavy atom. The quantitative estimate of drug-likeness (QED) is 0.909. The van der Waals surface area contributed by atoms with Crippen LogP contribution in [0.1, 0.15) is 32.4 Å². The lowest BCUT2D eigenvalue weighted by molar-refractivity contribution is -0.142. The van der Waals surface area contributed by atoms with Crippen molar-refractivity contribution in [3.8, 4) is 0 Å². The van der Waals surface area contributed by atoms with Gasteiger partial charge in [0.1, 0.15) is 11.9 Å². The summed E-state index contributed by atoms with van der Waals surface area (Å²) in [6.45, 7) is 7.31. The number of carbonyl (C=O) groups excluding carboxylic acids is 1. The maximum atomic E-state index is 13.0. The summed E-state index contributed by atoms with van der Waals surface area (Å²) >= 11 is 0. The van der Waals surface area contributed by atoms with Crippen LogP contribution in [-0.4, -0.2) is 36.5 Å². The van der Waals surface area contributed by atoms with Crippen molar-refractivity contribution in [2.45, 2.75) is 32.9 Å². The van der Waals surface area contributed by atoms with Gasteiger partial charge < -0.3 is 15.4 Å². The van der Waals surface area contributed by atoms with Crippen LogP contribution in [0.4, 0.5) is 4.39 Å². The maximum Gasteiger partial charge on any atom is 0.240 e. The molecule has 1 aliphatic rings. The van der Waals surface area contributed by atoms with Crippen molar-refractivity contribution in [2.75, 3.05) is 19.7 Å². The molecular formula is C16H23FN2O2. The van der Waals surface area contributed by atoms with Gasteiger partial charge in [0.2, 0.25) is 5.91 Å². The fourth-order valence-electron chi connectivity index (χ4n) is 2.30. The van der Waals surface area contributed by atoms with Crippen LogP contribution in [-0.2, 0) is 9.53 Å². The number of rotatable bonds is 2. The van der Waals surface area contributed by atoms with Gasteiger partial charge in [-0.3, -0.25) is 4.79 Å². The van der Waals surface area contributed by atoms with Gasteiger partial charge in [-0.05, 0) is 23.1 Å². The zero-order valence-electron chi connectivity index (χ0n) is 12.8. The molecule has 1 amide bonds. The predicted molar refractivity (Wildman–Crippen MR) is 79.1 cm³/mol. The van der Waals surface area contributed by atoms with E-state index in [-0.39, 0.29) is 23.2 Å². The Hall–Kier alpha value is -1.46. The third-order valence-corrected chi connectivity index (χ3v) is 3.82. The Bertz CT molecular complexity index is 496. The number of ether oxygens (including phenoxy) is 1. The van der Waals surface area contributed by atoms with E-state index in [1.807, 2.05) is 20.8 Å². The van der Waals surface area contributed by atoms with E-state index in [9.17, 15) is 9.18 Å². The van der Waals surface area contributed by atoms with Crippen molar-refractivity contribution < 1.29 is 13.9 Å². The lowest BCUT2D eigenvalue weighted by Crippen LogP contribution is -2.53. The topological polar surface area (TPSA) is 55.6 Å². The summed E-state index contributed by atoms with van der Waals surface area (Å²) in [6.07, 6.45) is -0.226. The lowest BCUT2D eigenvalue weighted by Gasteiger charge is -2.37. The molecule has 116 valence electrons. The van der Waals surface area contributed by atoms with E-state index < -0.39 is 6.04 Å². The van der Waals surface area contributed by atoms with Gasteiger partial charge in [0.25, 0.3) is 0 Å². The first-order valence-corrected chi connectivity index (χ1v) is 7.20. The number of hydrogen-bond donors (Lipinski definition) is 1. The SMILES string of the molecule is CC(C)(C)[C@@H](N)C(=O)N1CCOC(c2ccc(F)cc2)C1. The number of nitrogens with two attached hydrogens (primary N) is 1. The summed E-state index contributed by atoms with van der Waals surface area (Å²) < 4.78 is 18.7. The van der Waals surface area contributed by atoms with Crippen LogP contribution < -0.4 is 5.73 Å². The van der Waals surface area contributed by atoms with Gasteiger partial charge in [-0.15, -0.1) is 0 Å². The number of hydrogen-bond acceptors (Lipinski definition) is 3. The number of carbonyl (C=O) groups is 1. The van der Waals surface area contributed by atoms with Crippen LogP contribution >= 0.6 is 0 Å². The first-order valence-electron chi connectivity index (χ1n) is 7.20. The monoisotopic (exact) mass is 294 g/mol. The van der Waals surface area contributed by atoms with Gasteiger partial charge in [0.15, 0.2) is 0 Å². The van der Waals surface area contributed by atoms with Gasteiger partial charge in [-0.2, -0.15) is 0 Å². The predicted octanol–water partition coefficient (Wildman–Crippen LogP) is 2.10. The van der Waals surface area contributed by atoms with Crippen molar-refractivity contribution >= 4 is 5.91 Å². The van der Waals surface area contributed by atoms with Crippen LogP contribution in [0.15, 0.2) is 24.3 Å². The zero-order chi connectivity index (χ0) is 15.6. The molecule has 21 heavy (non-hydrogen) atoms. The van der Waals surface area contributed by atoms with Crippen molar-refractivity contribution in [2.24, 2.45) is 11.1 Å². The zero-order valence-corrected chi connectivity index (χ0v) is 12.8. The Morgan fingerprint density at radius 1 is 1.38 bits per heavy atom. The number of amides is 1. The summed E-state index contributed by atoms with van der Waals surface area (Å²) in [4.78, 5) is 14.2. The van der Waals surface area contributed by atoms with Crippen molar-refractivity contribution in [1.29, 1.82) is 0 Å². The van der Waals surface area contributed by atoms with Gasteiger partial charge in [0, 0.05) is 6.54 Å². The fourth-order valence-corrected chi connectivity index (χ4v) is 2.30. The molecule has 1 saturated heterocycles. The van der Waals surface area contributed by atoms with E-state index in [0.29, 0.717) is 19.7 Å². The molecule has 2 N–H and O–H groups in total. The highest BCUT2D eigenvalue weighted by Crippen LogP contribution is 2.25. The Balaban J connectivity index is 2.07. The van der Waals surface area contributed by atoms with E-state index in [0.717, 1.165) is 5.56 Å². The molecule has 1 aromatic carbocycles. The molecule has 1 heterocycles. The van der Waals surface area contributed by atoms with Crippen LogP contribution in [0.25, 0.3) is 0 Å². The van der Waals surface area contributed by atoms with Gasteiger partial charge >= 0.3 is 0 Å². The molecule has 0 aliphatic carbocycles. The highest BCUT2D eigenvalue weighted by atomic mass is 19.1. The largest absolute Gasteiger partial charge is 0.370 e. The normalized spacial score (nSPS) is 21.2. The molecule has 1 fully saturated rings. The highest BCUT2D eigenvalue weighted by molar-refractivity contribution is 5.82. The third-order valence-electron chi connectivity index (χ3n) is 3.82. The summed E-state index contributed by atoms with van der Waals surface area (Å²) in [5, 5.41) is 0. The van der Waals surface area contributed by atoms with E-state index in [1.54, 1.807) is 17.0 Å². The second-order valence-corrected chi connectivity index (χ2v) is 6.54. The molecule has 0 aromatic heterocycles. The summed E-state index contributed by atoms with van der Waals surface area (Å²) in [7, 11) is 0. The average Bonchev–Trinajstić information content (AvgIpc) is 2.45. The molecule has 0 spiro atoms. The van der Waals surface area contributed by atoms with Crippen LogP contribution in [0.3, 0.4) is 0 Å². The molecule has 2 atom stereocenters. The molecule has 0 radical (unpaired) electrons. The number of benzene rings is 1. The molecule has 1 aliphatic heterocycles. The standard InChI is InChI=1S/C16H23FN2O2/c1-16(2,3)14(18)15(20)19-8-9-21-13(10-19)11-4-6-12(17)7-5-11/h4-7,13-14H,8-10,18H2,1-3H3/t13?,14-/m0/s1. The molecule has 0 saturated carbocycles. The van der Waals surface area contributed by atoms with E-state index in [2.05, 4.69) is 0 Å². The lowest BCUT2D eigenvalue weighted by atomic mass is 9.86. The third kappa shape index (κ3) is 3.80. The maximum absolute atomic E-state index is 13.0.